The molecule has 0 radical (unpaired) electrons. The van der Waals surface area contributed by atoms with Crippen LogP contribution in [0.5, 0.6) is 0 Å². The lowest BCUT2D eigenvalue weighted by atomic mass is 9.63. The van der Waals surface area contributed by atoms with Crippen LogP contribution in [0.4, 0.5) is 0 Å². The topological polar surface area (TPSA) is 40.5 Å². The molecule has 2 N–H and O–H groups in total. The zero-order valence-corrected chi connectivity index (χ0v) is 9.00. The molecule has 3 heteroatoms. The van der Waals surface area contributed by atoms with Crippen molar-refractivity contribution < 1.29 is 10.2 Å². The first kappa shape index (κ1) is 10.5. The van der Waals surface area contributed by atoms with Gasteiger partial charge >= 0.3 is 0 Å². The average molecular weight is 217 g/mol. The Bertz CT molecular complexity index is 254. The molecule has 3 atom stereocenters. The fraction of sp³-hybridized carbons (Fsp3) is 0.818. The summed E-state index contributed by atoms with van der Waals surface area (Å²) < 4.78 is 0. The number of aliphatic hydroxyl groups is 2. The second-order valence-corrected chi connectivity index (χ2v) is 5.26. The van der Waals surface area contributed by atoms with Crippen molar-refractivity contribution in [2.24, 2.45) is 5.92 Å². The lowest BCUT2D eigenvalue weighted by Gasteiger charge is -2.52. The van der Waals surface area contributed by atoms with Gasteiger partial charge in [-0.25, -0.2) is 0 Å². The molecule has 0 heterocycles. The minimum absolute atomic E-state index is 0.0405. The number of rotatable bonds is 1. The smallest absolute Gasteiger partial charge is 0.0925 e. The molecule has 80 valence electrons. The highest BCUT2D eigenvalue weighted by Crippen LogP contribution is 2.51. The van der Waals surface area contributed by atoms with E-state index in [2.05, 4.69) is 0 Å². The lowest BCUT2D eigenvalue weighted by molar-refractivity contribution is -0.0964. The summed E-state index contributed by atoms with van der Waals surface area (Å²) in [4.78, 5) is -0.534. The Morgan fingerprint density at radius 1 is 1.36 bits per heavy atom. The third-order valence-corrected chi connectivity index (χ3v) is 4.50. The second kappa shape index (κ2) is 3.51. The van der Waals surface area contributed by atoms with Crippen molar-refractivity contribution in [3.05, 3.63) is 12.2 Å². The first-order valence-electron chi connectivity index (χ1n) is 5.29. The van der Waals surface area contributed by atoms with Crippen LogP contribution in [0.3, 0.4) is 0 Å². The maximum absolute atomic E-state index is 10.6. The maximum Gasteiger partial charge on any atom is 0.0925 e. The van der Waals surface area contributed by atoms with Crippen LogP contribution in [0, 0.1) is 5.92 Å². The van der Waals surface area contributed by atoms with Crippen LogP contribution in [0.25, 0.3) is 0 Å². The molecule has 2 aliphatic carbocycles. The van der Waals surface area contributed by atoms with E-state index in [-0.39, 0.29) is 12.5 Å². The summed E-state index contributed by atoms with van der Waals surface area (Å²) in [7, 11) is 0. The molecular formula is C11H17ClO2. The van der Waals surface area contributed by atoms with Crippen LogP contribution in [0.1, 0.15) is 32.1 Å². The third-order valence-electron chi connectivity index (χ3n) is 3.83. The summed E-state index contributed by atoms with van der Waals surface area (Å²) in [6.07, 6.45) is 8.07. The first-order chi connectivity index (χ1) is 6.62. The number of hydrogen-bond acceptors (Lipinski definition) is 2. The number of halogens is 1. The van der Waals surface area contributed by atoms with Crippen LogP contribution < -0.4 is 0 Å². The van der Waals surface area contributed by atoms with Gasteiger partial charge in [-0.3, -0.25) is 0 Å². The predicted molar refractivity (Wildman–Crippen MR) is 56.3 cm³/mol. The number of alkyl halides is 1. The summed E-state index contributed by atoms with van der Waals surface area (Å²) in [5, 5.41) is 19.8. The molecule has 0 aromatic rings. The van der Waals surface area contributed by atoms with E-state index in [0.717, 1.165) is 25.7 Å². The standard InChI is InChI=1S/C11H17ClO2/c12-10-5-1-2-7-11(10,14)9(8-13)4-3-6-10/h1-2,9,13-14H,3-8H2. The predicted octanol–water partition coefficient (Wildman–Crippen LogP) is 1.84. The largest absolute Gasteiger partial charge is 0.396 e. The fourth-order valence-electron chi connectivity index (χ4n) is 2.85. The number of aliphatic hydroxyl groups excluding tert-OH is 1. The summed E-state index contributed by atoms with van der Waals surface area (Å²) in [6, 6.07) is 0. The molecule has 2 aliphatic rings. The van der Waals surface area contributed by atoms with Gasteiger partial charge < -0.3 is 10.2 Å². The van der Waals surface area contributed by atoms with Gasteiger partial charge in [-0.15, -0.1) is 11.6 Å². The molecule has 0 aliphatic heterocycles. The van der Waals surface area contributed by atoms with E-state index in [1.807, 2.05) is 12.2 Å². The molecule has 0 amide bonds. The normalized spacial score (nSPS) is 47.5. The molecule has 2 rings (SSSR count). The van der Waals surface area contributed by atoms with Gasteiger partial charge in [0, 0.05) is 12.5 Å². The van der Waals surface area contributed by atoms with Crippen molar-refractivity contribution in [3.8, 4) is 0 Å². The van der Waals surface area contributed by atoms with Gasteiger partial charge in [0.1, 0.15) is 0 Å². The van der Waals surface area contributed by atoms with Gasteiger partial charge in [-0.05, 0) is 25.7 Å². The Morgan fingerprint density at radius 2 is 2.07 bits per heavy atom. The highest BCUT2D eigenvalue weighted by Gasteiger charge is 2.55. The van der Waals surface area contributed by atoms with E-state index < -0.39 is 10.5 Å². The second-order valence-electron chi connectivity index (χ2n) is 4.54. The maximum atomic E-state index is 10.6. The Balaban J connectivity index is 2.32. The van der Waals surface area contributed by atoms with Crippen LogP contribution in [0.15, 0.2) is 12.2 Å². The Labute approximate surface area is 89.6 Å². The van der Waals surface area contributed by atoms with Gasteiger partial charge in [-0.2, -0.15) is 0 Å². The van der Waals surface area contributed by atoms with Crippen LogP contribution >= 0.6 is 11.6 Å². The monoisotopic (exact) mass is 216 g/mol. The van der Waals surface area contributed by atoms with Gasteiger partial charge in [0.05, 0.1) is 10.5 Å². The molecule has 0 saturated heterocycles. The van der Waals surface area contributed by atoms with Crippen molar-refractivity contribution in [3.63, 3.8) is 0 Å². The van der Waals surface area contributed by atoms with Crippen molar-refractivity contribution in [1.82, 2.24) is 0 Å². The van der Waals surface area contributed by atoms with E-state index in [0.29, 0.717) is 6.42 Å². The van der Waals surface area contributed by atoms with Gasteiger partial charge in [0.2, 0.25) is 0 Å². The number of fused-ring (bicyclic) bond motifs is 1. The molecular weight excluding hydrogens is 200 g/mol. The summed E-state index contributed by atoms with van der Waals surface area (Å²) in [5.74, 6) is -0.0568. The highest BCUT2D eigenvalue weighted by molar-refractivity contribution is 6.25. The minimum atomic E-state index is -0.893. The van der Waals surface area contributed by atoms with Gasteiger partial charge in [-0.1, -0.05) is 18.6 Å². The first-order valence-corrected chi connectivity index (χ1v) is 5.67. The molecule has 0 aromatic carbocycles. The Hall–Kier alpha value is -0.0500. The lowest BCUT2D eigenvalue weighted by Crippen LogP contribution is -2.59. The van der Waals surface area contributed by atoms with Crippen molar-refractivity contribution in [2.75, 3.05) is 6.61 Å². The highest BCUT2D eigenvalue weighted by atomic mass is 35.5. The number of hydrogen-bond donors (Lipinski definition) is 2. The molecule has 14 heavy (non-hydrogen) atoms. The van der Waals surface area contributed by atoms with Crippen LogP contribution in [-0.4, -0.2) is 27.3 Å². The molecule has 1 saturated carbocycles. The van der Waals surface area contributed by atoms with Crippen molar-refractivity contribution >= 4 is 11.6 Å². The summed E-state index contributed by atoms with van der Waals surface area (Å²) in [6.45, 7) is 0.0405. The Morgan fingerprint density at radius 3 is 2.79 bits per heavy atom. The van der Waals surface area contributed by atoms with Gasteiger partial charge in [0.25, 0.3) is 0 Å². The molecule has 0 bridgehead atoms. The van der Waals surface area contributed by atoms with E-state index in [9.17, 15) is 10.2 Å². The van der Waals surface area contributed by atoms with E-state index in [1.54, 1.807) is 0 Å². The minimum Gasteiger partial charge on any atom is -0.396 e. The van der Waals surface area contributed by atoms with Crippen molar-refractivity contribution in [2.45, 2.75) is 42.6 Å². The van der Waals surface area contributed by atoms with E-state index in [1.165, 1.54) is 0 Å². The summed E-state index contributed by atoms with van der Waals surface area (Å²) >= 11 is 6.48. The molecule has 2 nitrogen and oxygen atoms in total. The number of allylic oxidation sites excluding steroid dienone is 1. The molecule has 1 fully saturated rings. The summed E-state index contributed by atoms with van der Waals surface area (Å²) in [5.41, 5.74) is -0.893. The fourth-order valence-corrected chi connectivity index (χ4v) is 3.31. The Kier molecular flexibility index (Phi) is 2.63. The average Bonchev–Trinajstić information content (AvgIpc) is 2.17. The van der Waals surface area contributed by atoms with Crippen molar-refractivity contribution in [1.29, 1.82) is 0 Å². The quantitative estimate of drug-likeness (QED) is 0.519. The molecule has 0 spiro atoms. The van der Waals surface area contributed by atoms with Crippen LogP contribution in [0.2, 0.25) is 0 Å². The third kappa shape index (κ3) is 1.32. The molecule has 3 unspecified atom stereocenters. The van der Waals surface area contributed by atoms with E-state index >= 15 is 0 Å². The zero-order chi connectivity index (χ0) is 10.2. The van der Waals surface area contributed by atoms with E-state index in [4.69, 9.17) is 11.6 Å². The molecule has 0 aromatic heterocycles. The zero-order valence-electron chi connectivity index (χ0n) is 8.25. The van der Waals surface area contributed by atoms with Gasteiger partial charge in [0.15, 0.2) is 0 Å². The van der Waals surface area contributed by atoms with Crippen LogP contribution in [-0.2, 0) is 0 Å². The SMILES string of the molecule is OCC1CCCC2(Cl)CC=CCC12O.